The molecule has 0 aliphatic heterocycles. The Labute approximate surface area is 721 Å². The summed E-state index contributed by atoms with van der Waals surface area (Å²) in [6.07, 6.45) is 24.2. The van der Waals surface area contributed by atoms with E-state index in [4.69, 9.17) is 48.8 Å². The fourth-order valence-corrected chi connectivity index (χ4v) is 21.2. The van der Waals surface area contributed by atoms with Crippen molar-refractivity contribution in [3.63, 3.8) is 0 Å². The molecule has 0 aliphatic carbocycles. The molecule has 0 fully saturated rings. The van der Waals surface area contributed by atoms with Crippen LogP contribution in [0.4, 0.5) is 0 Å². The maximum absolute atomic E-state index is 10.4. The molecule has 0 spiro atoms. The van der Waals surface area contributed by atoms with E-state index in [-0.39, 0.29) is 26.2 Å². The minimum atomic E-state index is -2.62. The summed E-state index contributed by atoms with van der Waals surface area (Å²) in [5, 5.41) is 43.3. The molecular formula is C95H110BBr5O11P2. The van der Waals surface area contributed by atoms with Crippen molar-refractivity contribution >= 4 is 158 Å². The summed E-state index contributed by atoms with van der Waals surface area (Å²) < 4.78 is 30.8. The summed E-state index contributed by atoms with van der Waals surface area (Å²) in [5.41, 5.74) is 4.38. The number of methoxy groups -OCH3 is 6. The number of alkyl halides is 1. The molecule has 0 heterocycles. The maximum atomic E-state index is 10.4. The first-order valence-electron chi connectivity index (χ1n) is 37.3. The third-order valence-corrected chi connectivity index (χ3v) is 29.4. The van der Waals surface area contributed by atoms with E-state index in [2.05, 4.69) is 313 Å². The molecule has 0 bridgehead atoms. The molecule has 0 saturated carbocycles. The number of halogens is 5. The number of hydrogen-bond acceptors (Lipinski definition) is 11. The Kier molecular flexibility index (Phi) is 50.9. The Bertz CT molecular complexity index is 4120. The summed E-state index contributed by atoms with van der Waals surface area (Å²) in [4.78, 5) is 10.4. The first-order valence-corrected chi connectivity index (χ1v) is 47.0. The molecule has 11 aromatic carbocycles. The molecule has 0 amide bonds. The molecule has 114 heavy (non-hydrogen) atoms. The van der Waals surface area contributed by atoms with Gasteiger partial charge in [0.2, 0.25) is 0 Å². The summed E-state index contributed by atoms with van der Waals surface area (Å²) in [6.45, 7) is 12.7. The van der Waals surface area contributed by atoms with Crippen molar-refractivity contribution in [2.45, 2.75) is 80.1 Å². The fraction of sp³-hybridized carbons (Fsp3) is 0.211. The Balaban J connectivity index is 0.000000343. The van der Waals surface area contributed by atoms with Gasteiger partial charge in [0.05, 0.1) is 42.7 Å². The van der Waals surface area contributed by atoms with Gasteiger partial charge in [-0.25, -0.2) is 0 Å². The molecule has 11 nitrogen and oxygen atoms in total. The van der Waals surface area contributed by atoms with Crippen LogP contribution < -0.4 is 60.2 Å². The van der Waals surface area contributed by atoms with E-state index in [1.165, 1.54) is 50.4 Å². The Morgan fingerprint density at radius 1 is 0.333 bits per heavy atom. The number of aldehydes is 1. The Morgan fingerprint density at radius 3 is 0.737 bits per heavy atom. The third-order valence-electron chi connectivity index (χ3n) is 16.1. The molecule has 0 saturated heterocycles. The Hall–Kier alpha value is -8.63. The zero-order chi connectivity index (χ0) is 83.8. The average Bonchev–Trinajstić information content (AvgIpc) is 0.708. The topological polar surface area (TPSA) is 153 Å². The molecule has 0 unspecified atom stereocenters. The second kappa shape index (κ2) is 58.3. The number of carbonyl (C=O) groups excluding carboxylic acids is 1. The third kappa shape index (κ3) is 36.9. The van der Waals surface area contributed by atoms with Gasteiger partial charge in [0.15, 0.2) is 0 Å². The molecule has 0 atom stereocenters. The first kappa shape index (κ1) is 99.6. The van der Waals surface area contributed by atoms with Gasteiger partial charge in [0.25, 0.3) is 0 Å². The van der Waals surface area contributed by atoms with Crippen LogP contribution in [-0.4, -0.2) is 84.0 Å². The standard InChI is InChI=1S/C21H22BrP.C18H15P.2C12H16O2.2C10H12O2.C9H10O3.C3H7Br.BBr3/c1-2-18-23(22,19-12-6-3-7-13-19,20-14-8-4-9-15-20)21-16-10-5-11-17-21;1-4-10-16(11-5-1)19(17-12-6-2-7-13-17)18-14-8-3-9-15-18;2*1-4-5-6-10-7-11(13-2)9-12(8-10)14-3;2*1-2-3-4-8-5-9(11)7-10(12)6-8;1-11-8-3-7(6-10)4-9(5-8)12-2;1-2-3-4;2-1(3)4/h3-17H,2,18H2,1H3;1-15H;2*5-9H,4H2,1-3H3;2*3-7,11-12H,2H2,1H3;3-6H,1-2H3;2-3H2,1H3;/b;;6-5+;6-5-;4-3+;4-3-;;;. The number of phenols is 4. The van der Waals surface area contributed by atoms with Gasteiger partial charge in [-0.3, -0.25) is 4.79 Å². The van der Waals surface area contributed by atoms with Gasteiger partial charge in [-0.05, 0) is 139 Å². The van der Waals surface area contributed by atoms with Crippen LogP contribution in [0.2, 0.25) is 0 Å². The molecule has 11 aromatic rings. The number of phenolic OH excluding ortho intramolecular Hbond substituents is 4. The van der Waals surface area contributed by atoms with Crippen LogP contribution in [0.25, 0.3) is 24.3 Å². The van der Waals surface area contributed by atoms with Gasteiger partial charge < -0.3 is 48.8 Å². The average molecular weight is 1900 g/mol. The number of aromatic hydroxyl groups is 4. The van der Waals surface area contributed by atoms with Crippen LogP contribution >= 0.6 is 91.9 Å². The van der Waals surface area contributed by atoms with Crippen LogP contribution in [-0.2, 0) is 0 Å². The van der Waals surface area contributed by atoms with Gasteiger partial charge >= 0.3 is 150 Å². The SMILES string of the molecule is BrB(Br)Br.CC/C=C/c1cc(O)cc(O)c1.CC/C=C/c1cc(OC)cc(OC)c1.CC/C=C\c1cc(O)cc(O)c1.CC/C=C\c1cc(OC)cc(OC)c1.CCCBr.CCCP(Br)(c1ccccc1)(c1ccccc1)c1ccccc1.COc1cc(C=O)cc(OC)c1.c1ccc(P(c2ccccc2)c2ccccc2)cc1. The smallest absolute Gasteiger partial charge is 0.150 e. The first-order chi connectivity index (χ1) is 55.1. The number of rotatable bonds is 24. The predicted molar refractivity (Wildman–Crippen MR) is 512 cm³/mol. The minimum absolute atomic E-state index is 0.0887. The van der Waals surface area contributed by atoms with Crippen molar-refractivity contribution in [1.29, 1.82) is 0 Å². The zero-order valence-corrected chi connectivity index (χ0v) is 77.1. The van der Waals surface area contributed by atoms with Crippen LogP contribution in [0, 0.1) is 0 Å². The van der Waals surface area contributed by atoms with Gasteiger partial charge in [-0.2, -0.15) is 0 Å². The second-order valence-electron chi connectivity index (χ2n) is 24.6. The van der Waals surface area contributed by atoms with E-state index in [1.807, 2.05) is 74.5 Å². The van der Waals surface area contributed by atoms with Crippen molar-refractivity contribution < 1.29 is 53.6 Å². The van der Waals surface area contributed by atoms with Gasteiger partial charge in [-0.15, -0.1) is 47.3 Å². The number of carbonyl (C=O) groups is 1. The van der Waals surface area contributed by atoms with Crippen LogP contribution in [0.1, 0.15) is 113 Å². The summed E-state index contributed by atoms with van der Waals surface area (Å²) in [6, 6.07) is 90.9. The molecule has 0 radical (unpaired) electrons. The molecule has 4 N–H and O–H groups in total. The quantitative estimate of drug-likeness (QED) is 0.0198. The molecule has 604 valence electrons. The number of ether oxygens (including phenoxy) is 6. The van der Waals surface area contributed by atoms with E-state index < -0.39 is 13.2 Å². The van der Waals surface area contributed by atoms with Gasteiger partial charge in [-0.1, -0.05) is 190 Å². The monoisotopic (exact) mass is 1890 g/mol. The summed E-state index contributed by atoms with van der Waals surface area (Å²) >= 11 is 17.0. The van der Waals surface area contributed by atoms with E-state index in [0.29, 0.717) is 17.1 Å². The van der Waals surface area contributed by atoms with Crippen molar-refractivity contribution in [2.75, 3.05) is 54.2 Å². The summed E-state index contributed by atoms with van der Waals surface area (Å²) in [7, 11) is 9.26. The Morgan fingerprint density at radius 2 is 0.544 bits per heavy atom. The van der Waals surface area contributed by atoms with Crippen LogP contribution in [0.3, 0.4) is 0 Å². The maximum Gasteiger partial charge on any atom is 0.150 e. The molecule has 11 rings (SSSR count). The van der Waals surface area contributed by atoms with Crippen LogP contribution in [0.5, 0.6) is 57.5 Å². The van der Waals surface area contributed by atoms with E-state index >= 15 is 0 Å². The second-order valence-corrected chi connectivity index (χ2v) is 43.1. The molecule has 19 heteroatoms. The van der Waals surface area contributed by atoms with E-state index in [9.17, 15) is 4.79 Å². The number of allylic oxidation sites excluding steroid dienone is 4. The van der Waals surface area contributed by atoms with E-state index in [0.717, 1.165) is 95.1 Å². The zero-order valence-electron chi connectivity index (χ0n) is 67.3. The number of benzene rings is 11. The molecule has 0 aromatic heterocycles. The fourth-order valence-electron chi connectivity index (χ4n) is 10.8. The number of hydrogen-bond donors (Lipinski definition) is 4. The van der Waals surface area contributed by atoms with Crippen LogP contribution in [0.15, 0.2) is 297 Å². The largest absolute Gasteiger partial charge is 0.497 e. The van der Waals surface area contributed by atoms with Crippen molar-refractivity contribution in [1.82, 2.24) is 0 Å². The predicted octanol–water partition coefficient (Wildman–Crippen LogP) is 25.4. The van der Waals surface area contributed by atoms with Crippen molar-refractivity contribution in [3.8, 4) is 57.5 Å². The normalized spacial score (nSPS) is 10.7. The van der Waals surface area contributed by atoms with Crippen molar-refractivity contribution in [2.24, 2.45) is 0 Å². The minimum Gasteiger partial charge on any atom is -0.497 e. The van der Waals surface area contributed by atoms with Gasteiger partial charge in [0, 0.05) is 41.2 Å². The van der Waals surface area contributed by atoms with E-state index in [1.54, 1.807) is 85.1 Å². The molecule has 0 aliphatic rings. The van der Waals surface area contributed by atoms with Crippen molar-refractivity contribution in [3.05, 3.63) is 325 Å². The summed E-state index contributed by atoms with van der Waals surface area (Å²) in [5.74, 6) is 4.88. The van der Waals surface area contributed by atoms with Gasteiger partial charge in [0.1, 0.15) is 63.8 Å². The molecular weight excluding hydrogens is 1790 g/mol.